The highest BCUT2D eigenvalue weighted by Gasteiger charge is 2.07. The van der Waals surface area contributed by atoms with Crippen LogP contribution >= 0.6 is 0 Å². The molecule has 0 aliphatic rings. The molecule has 1 heterocycles. The lowest BCUT2D eigenvalue weighted by molar-refractivity contribution is 1.25. The van der Waals surface area contributed by atoms with Crippen molar-refractivity contribution in [3.63, 3.8) is 0 Å². The van der Waals surface area contributed by atoms with Crippen LogP contribution in [-0.2, 0) is 0 Å². The van der Waals surface area contributed by atoms with E-state index in [0.29, 0.717) is 5.56 Å². The summed E-state index contributed by atoms with van der Waals surface area (Å²) in [5.74, 6) is 0. The van der Waals surface area contributed by atoms with Crippen LogP contribution in [-0.4, -0.2) is 4.98 Å². The van der Waals surface area contributed by atoms with Gasteiger partial charge in [0, 0.05) is 18.0 Å². The molecule has 2 heteroatoms. The Labute approximate surface area is 95.2 Å². The van der Waals surface area contributed by atoms with Crippen LogP contribution < -0.4 is 0 Å². The van der Waals surface area contributed by atoms with Gasteiger partial charge in [0.1, 0.15) is 6.07 Å². The molecule has 0 aliphatic heterocycles. The number of aromatic nitrogens is 1. The fourth-order valence-electron chi connectivity index (χ4n) is 1.78. The largest absolute Gasteiger partial charge is 0.263 e. The average molecular weight is 208 g/mol. The van der Waals surface area contributed by atoms with E-state index in [1.54, 1.807) is 6.20 Å². The zero-order valence-electron chi connectivity index (χ0n) is 9.36. The summed E-state index contributed by atoms with van der Waals surface area (Å²) in [5.41, 5.74) is 5.01. The number of hydrogen-bond donors (Lipinski definition) is 0. The van der Waals surface area contributed by atoms with Gasteiger partial charge in [0.25, 0.3) is 0 Å². The van der Waals surface area contributed by atoms with Gasteiger partial charge in [0.2, 0.25) is 0 Å². The first-order valence-corrected chi connectivity index (χ1v) is 5.14. The molecule has 0 N–H and O–H groups in total. The highest BCUT2D eigenvalue weighted by molar-refractivity contribution is 5.71. The Kier molecular flexibility index (Phi) is 2.70. The van der Waals surface area contributed by atoms with Crippen molar-refractivity contribution in [3.05, 3.63) is 53.3 Å². The van der Waals surface area contributed by atoms with Gasteiger partial charge < -0.3 is 0 Å². The third kappa shape index (κ3) is 1.68. The zero-order valence-corrected chi connectivity index (χ0v) is 9.36. The Morgan fingerprint density at radius 3 is 2.50 bits per heavy atom. The first kappa shape index (κ1) is 10.4. The molecule has 0 saturated carbocycles. The molecule has 2 rings (SSSR count). The molecule has 0 atom stereocenters. The van der Waals surface area contributed by atoms with E-state index in [1.165, 1.54) is 5.56 Å². The fourth-order valence-corrected chi connectivity index (χ4v) is 1.78. The molecular formula is C14H12N2. The molecule has 0 saturated heterocycles. The van der Waals surface area contributed by atoms with E-state index in [-0.39, 0.29) is 0 Å². The van der Waals surface area contributed by atoms with E-state index >= 15 is 0 Å². The molecule has 16 heavy (non-hydrogen) atoms. The average Bonchev–Trinajstić information content (AvgIpc) is 2.31. The summed E-state index contributed by atoms with van der Waals surface area (Å²) in [6.07, 6.45) is 3.43. The van der Waals surface area contributed by atoms with Crippen LogP contribution in [0.25, 0.3) is 11.1 Å². The zero-order chi connectivity index (χ0) is 11.5. The van der Waals surface area contributed by atoms with E-state index in [1.807, 2.05) is 25.3 Å². The van der Waals surface area contributed by atoms with Crippen molar-refractivity contribution in [3.8, 4) is 17.2 Å². The summed E-state index contributed by atoms with van der Waals surface area (Å²) in [6, 6.07) is 10.3. The molecule has 78 valence electrons. The SMILES string of the molecule is Cc1ccccc1-c1cncc(C#N)c1C. The molecule has 0 amide bonds. The van der Waals surface area contributed by atoms with E-state index in [4.69, 9.17) is 5.26 Å². The maximum atomic E-state index is 8.97. The van der Waals surface area contributed by atoms with Crippen molar-refractivity contribution in [2.24, 2.45) is 0 Å². The predicted octanol–water partition coefficient (Wildman–Crippen LogP) is 3.24. The lowest BCUT2D eigenvalue weighted by atomic mass is 9.96. The summed E-state index contributed by atoms with van der Waals surface area (Å²) in [6.45, 7) is 4.02. The minimum absolute atomic E-state index is 0.640. The van der Waals surface area contributed by atoms with Crippen LogP contribution in [0.4, 0.5) is 0 Å². The van der Waals surface area contributed by atoms with Crippen molar-refractivity contribution in [1.29, 1.82) is 5.26 Å². The fraction of sp³-hybridized carbons (Fsp3) is 0.143. The summed E-state index contributed by atoms with van der Waals surface area (Å²) >= 11 is 0. The molecule has 0 radical (unpaired) electrons. The highest BCUT2D eigenvalue weighted by atomic mass is 14.6. The Hall–Kier alpha value is -2.14. The molecule has 0 aliphatic carbocycles. The normalized spacial score (nSPS) is 9.81. The van der Waals surface area contributed by atoms with Gasteiger partial charge in [0.15, 0.2) is 0 Å². The number of aryl methyl sites for hydroxylation is 1. The van der Waals surface area contributed by atoms with Crippen LogP contribution in [0.5, 0.6) is 0 Å². The van der Waals surface area contributed by atoms with Crippen LogP contribution in [0.15, 0.2) is 36.7 Å². The third-order valence-corrected chi connectivity index (χ3v) is 2.77. The van der Waals surface area contributed by atoms with Crippen molar-refractivity contribution in [2.45, 2.75) is 13.8 Å². The minimum atomic E-state index is 0.640. The van der Waals surface area contributed by atoms with Gasteiger partial charge in [-0.3, -0.25) is 4.98 Å². The Morgan fingerprint density at radius 1 is 1.06 bits per heavy atom. The summed E-state index contributed by atoms with van der Waals surface area (Å²) in [7, 11) is 0. The lowest BCUT2D eigenvalue weighted by Gasteiger charge is -2.09. The van der Waals surface area contributed by atoms with Crippen LogP contribution in [0.3, 0.4) is 0 Å². The van der Waals surface area contributed by atoms with Gasteiger partial charge in [-0.1, -0.05) is 24.3 Å². The third-order valence-electron chi connectivity index (χ3n) is 2.77. The molecule has 0 unspecified atom stereocenters. The van der Waals surface area contributed by atoms with E-state index in [2.05, 4.69) is 30.1 Å². The first-order valence-electron chi connectivity index (χ1n) is 5.14. The molecule has 1 aromatic heterocycles. The van der Waals surface area contributed by atoms with Crippen LogP contribution in [0.2, 0.25) is 0 Å². The Bertz CT molecular complexity index is 565. The second-order valence-corrected chi connectivity index (χ2v) is 3.79. The second-order valence-electron chi connectivity index (χ2n) is 3.79. The molecule has 1 aromatic carbocycles. The summed E-state index contributed by atoms with van der Waals surface area (Å²) in [5, 5.41) is 8.97. The van der Waals surface area contributed by atoms with E-state index in [0.717, 1.165) is 16.7 Å². The summed E-state index contributed by atoms with van der Waals surface area (Å²) < 4.78 is 0. The number of nitrogens with zero attached hydrogens (tertiary/aromatic N) is 2. The maximum Gasteiger partial charge on any atom is 0.101 e. The van der Waals surface area contributed by atoms with Crippen molar-refractivity contribution in [1.82, 2.24) is 4.98 Å². The number of hydrogen-bond acceptors (Lipinski definition) is 2. The van der Waals surface area contributed by atoms with Crippen molar-refractivity contribution < 1.29 is 0 Å². The molecule has 2 nitrogen and oxygen atoms in total. The number of benzene rings is 1. The van der Waals surface area contributed by atoms with E-state index < -0.39 is 0 Å². The summed E-state index contributed by atoms with van der Waals surface area (Å²) in [4.78, 5) is 4.11. The first-order chi connectivity index (χ1) is 7.74. The van der Waals surface area contributed by atoms with Crippen LogP contribution in [0.1, 0.15) is 16.7 Å². The van der Waals surface area contributed by atoms with Crippen molar-refractivity contribution >= 4 is 0 Å². The Balaban J connectivity index is 2.67. The monoisotopic (exact) mass is 208 g/mol. The topological polar surface area (TPSA) is 36.7 Å². The molecule has 2 aromatic rings. The van der Waals surface area contributed by atoms with Crippen LogP contribution in [0, 0.1) is 25.2 Å². The molecule has 0 spiro atoms. The number of pyridine rings is 1. The molecule has 0 fully saturated rings. The highest BCUT2D eigenvalue weighted by Crippen LogP contribution is 2.26. The van der Waals surface area contributed by atoms with Crippen molar-refractivity contribution in [2.75, 3.05) is 0 Å². The quantitative estimate of drug-likeness (QED) is 0.721. The van der Waals surface area contributed by atoms with Gasteiger partial charge in [-0.25, -0.2) is 0 Å². The lowest BCUT2D eigenvalue weighted by Crippen LogP contribution is -1.91. The maximum absolute atomic E-state index is 8.97. The predicted molar refractivity (Wildman–Crippen MR) is 63.9 cm³/mol. The number of nitriles is 1. The minimum Gasteiger partial charge on any atom is -0.263 e. The van der Waals surface area contributed by atoms with Gasteiger partial charge in [-0.05, 0) is 30.5 Å². The molecular weight excluding hydrogens is 196 g/mol. The number of rotatable bonds is 1. The standard InChI is InChI=1S/C14H12N2/c1-10-5-3-4-6-13(10)14-9-16-8-12(7-15)11(14)2/h3-6,8-9H,1-2H3. The van der Waals surface area contributed by atoms with Gasteiger partial charge in [0.05, 0.1) is 5.56 Å². The van der Waals surface area contributed by atoms with Gasteiger partial charge in [-0.15, -0.1) is 0 Å². The molecule has 0 bridgehead atoms. The smallest absolute Gasteiger partial charge is 0.101 e. The Morgan fingerprint density at radius 2 is 1.81 bits per heavy atom. The second kappa shape index (κ2) is 4.16. The van der Waals surface area contributed by atoms with E-state index in [9.17, 15) is 0 Å². The van der Waals surface area contributed by atoms with Gasteiger partial charge >= 0.3 is 0 Å². The van der Waals surface area contributed by atoms with Gasteiger partial charge in [-0.2, -0.15) is 5.26 Å².